The summed E-state index contributed by atoms with van der Waals surface area (Å²) in [4.78, 5) is 0. The summed E-state index contributed by atoms with van der Waals surface area (Å²) in [6.07, 6.45) is 3.29. The van der Waals surface area contributed by atoms with Gasteiger partial charge in [0, 0.05) is 6.42 Å². The fraction of sp³-hybridized carbons (Fsp3) is 0.733. The van der Waals surface area contributed by atoms with Crippen LogP contribution in [0.25, 0.3) is 0 Å². The van der Waals surface area contributed by atoms with Crippen LogP contribution >= 0.6 is 0 Å². The number of rotatable bonds is 7. The smallest absolute Gasteiger partial charge is 0.150 e. The van der Waals surface area contributed by atoms with E-state index in [2.05, 4.69) is 19.2 Å². The van der Waals surface area contributed by atoms with Crippen molar-refractivity contribution in [3.8, 4) is 0 Å². The molecule has 2 unspecified atom stereocenters. The summed E-state index contributed by atoms with van der Waals surface area (Å²) < 4.78 is 28.8. The lowest BCUT2D eigenvalue weighted by atomic mass is 9.88. The van der Waals surface area contributed by atoms with Crippen LogP contribution in [0.3, 0.4) is 0 Å². The molecule has 5 heteroatoms. The number of hydrogen-bond acceptors (Lipinski definition) is 4. The van der Waals surface area contributed by atoms with Crippen molar-refractivity contribution in [1.82, 2.24) is 5.32 Å². The van der Waals surface area contributed by atoms with Crippen molar-refractivity contribution in [2.24, 2.45) is 17.8 Å². The molecule has 1 fully saturated rings. The van der Waals surface area contributed by atoms with Gasteiger partial charge in [0.05, 0.1) is 17.8 Å². The Bertz CT molecular complexity index is 493. The Morgan fingerprint density at radius 2 is 2.20 bits per heavy atom. The summed E-state index contributed by atoms with van der Waals surface area (Å²) in [5.74, 6) is 2.82. The summed E-state index contributed by atoms with van der Waals surface area (Å²) in [5, 5.41) is 3.47. The van der Waals surface area contributed by atoms with Gasteiger partial charge < -0.3 is 9.73 Å². The van der Waals surface area contributed by atoms with Crippen LogP contribution in [-0.2, 0) is 16.3 Å². The Morgan fingerprint density at radius 1 is 1.40 bits per heavy atom. The molecule has 0 aliphatic carbocycles. The van der Waals surface area contributed by atoms with Crippen molar-refractivity contribution in [1.29, 1.82) is 0 Å². The lowest BCUT2D eigenvalue weighted by Crippen LogP contribution is -2.32. The molecule has 0 aromatic carbocycles. The van der Waals surface area contributed by atoms with E-state index in [1.165, 1.54) is 0 Å². The number of hydrogen-bond donors (Lipinski definition) is 1. The lowest BCUT2D eigenvalue weighted by molar-refractivity contribution is 0.316. The molecule has 114 valence electrons. The monoisotopic (exact) mass is 299 g/mol. The molecule has 1 saturated heterocycles. The van der Waals surface area contributed by atoms with E-state index in [9.17, 15) is 8.42 Å². The predicted octanol–water partition coefficient (Wildman–Crippen LogP) is 2.12. The van der Waals surface area contributed by atoms with Gasteiger partial charge in [0.25, 0.3) is 0 Å². The molecule has 0 saturated carbocycles. The second kappa shape index (κ2) is 6.76. The van der Waals surface area contributed by atoms with Gasteiger partial charge in [0.2, 0.25) is 0 Å². The molecule has 2 atom stereocenters. The van der Waals surface area contributed by atoms with Gasteiger partial charge in [-0.3, -0.25) is 0 Å². The highest BCUT2D eigenvalue weighted by Crippen LogP contribution is 2.28. The first-order valence-corrected chi connectivity index (χ1v) is 9.22. The van der Waals surface area contributed by atoms with Gasteiger partial charge in [0.1, 0.15) is 5.76 Å². The number of sulfone groups is 1. The molecule has 2 rings (SSSR count). The van der Waals surface area contributed by atoms with E-state index in [1.54, 1.807) is 6.26 Å². The van der Waals surface area contributed by atoms with Gasteiger partial charge in [0.15, 0.2) is 9.84 Å². The average molecular weight is 299 g/mol. The zero-order valence-corrected chi connectivity index (χ0v) is 13.2. The molecule has 1 aromatic heterocycles. The highest BCUT2D eigenvalue weighted by Gasteiger charge is 2.33. The third-order valence-corrected chi connectivity index (χ3v) is 5.73. The van der Waals surface area contributed by atoms with Crippen LogP contribution in [0.5, 0.6) is 0 Å². The van der Waals surface area contributed by atoms with Gasteiger partial charge >= 0.3 is 0 Å². The molecule has 20 heavy (non-hydrogen) atoms. The molecule has 2 heterocycles. The summed E-state index contributed by atoms with van der Waals surface area (Å²) in [6.45, 7) is 6.18. The molecule has 1 aliphatic rings. The second-order valence-corrected chi connectivity index (χ2v) is 8.49. The van der Waals surface area contributed by atoms with Crippen LogP contribution < -0.4 is 5.32 Å². The third-order valence-electron chi connectivity index (χ3n) is 3.94. The second-order valence-electron chi connectivity index (χ2n) is 6.26. The van der Waals surface area contributed by atoms with E-state index < -0.39 is 9.84 Å². The molecule has 0 spiro atoms. The summed E-state index contributed by atoms with van der Waals surface area (Å²) in [7, 11) is -2.82. The van der Waals surface area contributed by atoms with Crippen LogP contribution in [-0.4, -0.2) is 33.0 Å². The molecule has 1 aromatic rings. The minimum Gasteiger partial charge on any atom is -0.469 e. The van der Waals surface area contributed by atoms with Crippen molar-refractivity contribution in [3.63, 3.8) is 0 Å². The largest absolute Gasteiger partial charge is 0.469 e. The lowest BCUT2D eigenvalue weighted by Gasteiger charge is -2.22. The van der Waals surface area contributed by atoms with Crippen molar-refractivity contribution >= 4 is 9.84 Å². The van der Waals surface area contributed by atoms with E-state index in [0.717, 1.165) is 31.7 Å². The summed E-state index contributed by atoms with van der Waals surface area (Å²) >= 11 is 0. The highest BCUT2D eigenvalue weighted by atomic mass is 32.2. The Morgan fingerprint density at radius 3 is 2.75 bits per heavy atom. The Kier molecular flexibility index (Phi) is 5.27. The predicted molar refractivity (Wildman–Crippen MR) is 80.4 cm³/mol. The van der Waals surface area contributed by atoms with Gasteiger partial charge in [-0.05, 0) is 49.4 Å². The number of furan rings is 1. The summed E-state index contributed by atoms with van der Waals surface area (Å²) in [5.41, 5.74) is 0. The molecular formula is C15H25NO3S. The maximum atomic E-state index is 11.7. The van der Waals surface area contributed by atoms with Gasteiger partial charge in [-0.1, -0.05) is 13.8 Å². The minimum atomic E-state index is -2.82. The van der Waals surface area contributed by atoms with Crippen LogP contribution in [0.4, 0.5) is 0 Å². The molecule has 0 radical (unpaired) electrons. The Hall–Kier alpha value is -0.810. The topological polar surface area (TPSA) is 59.3 Å². The van der Waals surface area contributed by atoms with Crippen LogP contribution in [0.2, 0.25) is 0 Å². The third kappa shape index (κ3) is 4.63. The molecular weight excluding hydrogens is 274 g/mol. The van der Waals surface area contributed by atoms with Crippen molar-refractivity contribution < 1.29 is 12.8 Å². The average Bonchev–Trinajstić information content (AvgIpc) is 2.97. The van der Waals surface area contributed by atoms with Crippen LogP contribution in [0.1, 0.15) is 26.0 Å². The van der Waals surface area contributed by atoms with Crippen LogP contribution in [0, 0.1) is 17.8 Å². The molecule has 4 nitrogen and oxygen atoms in total. The fourth-order valence-electron chi connectivity index (χ4n) is 2.85. The molecule has 1 aliphatic heterocycles. The first-order chi connectivity index (χ1) is 9.46. The van der Waals surface area contributed by atoms with E-state index in [1.807, 2.05) is 12.1 Å². The molecule has 0 bridgehead atoms. The van der Waals surface area contributed by atoms with Gasteiger partial charge in [-0.25, -0.2) is 8.42 Å². The van der Waals surface area contributed by atoms with E-state index in [-0.39, 0.29) is 5.92 Å². The maximum absolute atomic E-state index is 11.7. The SMILES string of the molecule is CC(C)CNCC(Cc1ccco1)C1CCS(=O)(=O)C1. The van der Waals surface area contributed by atoms with Crippen molar-refractivity contribution in [2.45, 2.75) is 26.7 Å². The highest BCUT2D eigenvalue weighted by molar-refractivity contribution is 7.91. The number of nitrogens with one attached hydrogen (secondary N) is 1. The Labute approximate surface area is 121 Å². The van der Waals surface area contributed by atoms with E-state index in [0.29, 0.717) is 23.3 Å². The Balaban J connectivity index is 1.96. The van der Waals surface area contributed by atoms with E-state index in [4.69, 9.17) is 4.42 Å². The normalized spacial score (nSPS) is 23.2. The summed E-state index contributed by atoms with van der Waals surface area (Å²) in [6, 6.07) is 3.86. The van der Waals surface area contributed by atoms with Gasteiger partial charge in [-0.15, -0.1) is 0 Å². The standard InChI is InChI=1S/C15H25NO3S/c1-12(2)9-16-10-14(8-15-4-3-6-19-15)13-5-7-20(17,18)11-13/h3-4,6,12-14,16H,5,7-11H2,1-2H3. The van der Waals surface area contributed by atoms with Gasteiger partial charge in [-0.2, -0.15) is 0 Å². The molecule has 1 N–H and O–H groups in total. The molecule has 0 amide bonds. The zero-order valence-electron chi connectivity index (χ0n) is 12.3. The maximum Gasteiger partial charge on any atom is 0.150 e. The fourth-order valence-corrected chi connectivity index (χ4v) is 4.77. The zero-order chi connectivity index (χ0) is 14.6. The minimum absolute atomic E-state index is 0.254. The quantitative estimate of drug-likeness (QED) is 0.838. The first-order valence-electron chi connectivity index (χ1n) is 7.40. The van der Waals surface area contributed by atoms with Crippen molar-refractivity contribution in [2.75, 3.05) is 24.6 Å². The van der Waals surface area contributed by atoms with Crippen molar-refractivity contribution in [3.05, 3.63) is 24.2 Å². The van der Waals surface area contributed by atoms with Crippen LogP contribution in [0.15, 0.2) is 22.8 Å². The first kappa shape index (κ1) is 15.6. The van der Waals surface area contributed by atoms with E-state index >= 15 is 0 Å².